The maximum atomic E-state index is 12.3. The molecule has 6 heteroatoms. The fourth-order valence-electron chi connectivity index (χ4n) is 2.31. The Morgan fingerprint density at radius 3 is 2.15 bits per heavy atom. The minimum absolute atomic E-state index is 0.0417. The van der Waals surface area contributed by atoms with Gasteiger partial charge in [-0.15, -0.1) is 0 Å². The molecule has 1 unspecified atom stereocenters. The maximum Gasteiger partial charge on any atom is 0.310 e. The minimum Gasteiger partial charge on any atom is -0.481 e. The lowest BCUT2D eigenvalue weighted by Gasteiger charge is -2.37. The van der Waals surface area contributed by atoms with Crippen LogP contribution in [0.2, 0.25) is 0 Å². The van der Waals surface area contributed by atoms with Crippen LogP contribution in [-0.4, -0.2) is 71.2 Å². The van der Waals surface area contributed by atoms with Crippen LogP contribution >= 0.6 is 0 Å². The Labute approximate surface area is 120 Å². The highest BCUT2D eigenvalue weighted by atomic mass is 16.4. The van der Waals surface area contributed by atoms with Gasteiger partial charge in [0.25, 0.3) is 0 Å². The average molecular weight is 286 g/mol. The number of aliphatic hydroxyl groups excluding tert-OH is 1. The third kappa shape index (κ3) is 3.93. The van der Waals surface area contributed by atoms with Crippen molar-refractivity contribution in [3.05, 3.63) is 0 Å². The van der Waals surface area contributed by atoms with Gasteiger partial charge >= 0.3 is 5.97 Å². The number of hydrogen-bond donors (Lipinski definition) is 2. The van der Waals surface area contributed by atoms with Gasteiger partial charge in [-0.1, -0.05) is 13.8 Å². The summed E-state index contributed by atoms with van der Waals surface area (Å²) in [6, 6.07) is 0. The molecule has 2 N–H and O–H groups in total. The number of carboxylic acid groups (broad SMARTS) is 1. The van der Waals surface area contributed by atoms with Crippen LogP contribution in [0.3, 0.4) is 0 Å². The van der Waals surface area contributed by atoms with E-state index in [2.05, 4.69) is 4.90 Å². The summed E-state index contributed by atoms with van der Waals surface area (Å²) in [7, 11) is 0. The minimum atomic E-state index is -1.01. The Kier molecular flexibility index (Phi) is 5.95. The van der Waals surface area contributed by atoms with Crippen LogP contribution in [0.25, 0.3) is 0 Å². The van der Waals surface area contributed by atoms with Crippen molar-refractivity contribution in [1.82, 2.24) is 9.80 Å². The summed E-state index contributed by atoms with van der Waals surface area (Å²) >= 11 is 0. The Morgan fingerprint density at radius 1 is 1.20 bits per heavy atom. The monoisotopic (exact) mass is 286 g/mol. The average Bonchev–Trinajstić information content (AvgIpc) is 2.39. The molecule has 0 aromatic rings. The van der Waals surface area contributed by atoms with Gasteiger partial charge in [-0.3, -0.25) is 14.5 Å². The van der Waals surface area contributed by atoms with Crippen LogP contribution in [0.1, 0.15) is 27.2 Å². The molecule has 1 aliphatic heterocycles. The molecule has 20 heavy (non-hydrogen) atoms. The van der Waals surface area contributed by atoms with Gasteiger partial charge in [-0.25, -0.2) is 0 Å². The predicted octanol–water partition coefficient (Wildman–Crippen LogP) is 0.260. The van der Waals surface area contributed by atoms with Gasteiger partial charge in [0.05, 0.1) is 12.0 Å². The Hall–Kier alpha value is -1.14. The second-order valence-electron chi connectivity index (χ2n) is 6.00. The molecule has 0 radical (unpaired) electrons. The molecule has 1 fully saturated rings. The second-order valence-corrected chi connectivity index (χ2v) is 6.00. The first-order chi connectivity index (χ1) is 9.31. The van der Waals surface area contributed by atoms with Crippen molar-refractivity contribution < 1.29 is 19.8 Å². The smallest absolute Gasteiger partial charge is 0.310 e. The number of nitrogens with zero attached hydrogens (tertiary/aromatic N) is 2. The number of hydrogen-bond acceptors (Lipinski definition) is 4. The van der Waals surface area contributed by atoms with E-state index in [4.69, 9.17) is 5.11 Å². The number of rotatable bonds is 6. The molecule has 1 aliphatic rings. The summed E-state index contributed by atoms with van der Waals surface area (Å²) in [4.78, 5) is 27.5. The number of aliphatic carboxylic acids is 1. The normalized spacial score (nSPS) is 19.9. The molecule has 1 amide bonds. The van der Waals surface area contributed by atoms with E-state index < -0.39 is 11.4 Å². The zero-order valence-electron chi connectivity index (χ0n) is 12.6. The lowest BCUT2D eigenvalue weighted by atomic mass is 9.76. The van der Waals surface area contributed by atoms with Gasteiger partial charge in [0, 0.05) is 39.1 Å². The number of piperazine rings is 1. The summed E-state index contributed by atoms with van der Waals surface area (Å²) < 4.78 is 0. The predicted molar refractivity (Wildman–Crippen MR) is 75.3 cm³/mol. The van der Waals surface area contributed by atoms with Gasteiger partial charge in [0.15, 0.2) is 0 Å². The lowest BCUT2D eigenvalue weighted by Crippen LogP contribution is -2.51. The van der Waals surface area contributed by atoms with E-state index in [1.807, 2.05) is 13.8 Å². The highest BCUT2D eigenvalue weighted by molar-refractivity contribution is 5.85. The van der Waals surface area contributed by atoms with Crippen LogP contribution in [0, 0.1) is 11.3 Å². The number of carbonyl (C=O) groups excluding carboxylic acids is 1. The quantitative estimate of drug-likeness (QED) is 0.732. The van der Waals surface area contributed by atoms with Crippen molar-refractivity contribution in [2.45, 2.75) is 27.2 Å². The van der Waals surface area contributed by atoms with Crippen molar-refractivity contribution in [3.63, 3.8) is 0 Å². The number of aliphatic hydroxyl groups is 1. The third-order valence-corrected chi connectivity index (χ3v) is 4.42. The van der Waals surface area contributed by atoms with Crippen LogP contribution in [0.4, 0.5) is 0 Å². The highest BCUT2D eigenvalue weighted by Gasteiger charge is 2.40. The van der Waals surface area contributed by atoms with Gasteiger partial charge < -0.3 is 15.1 Å². The van der Waals surface area contributed by atoms with E-state index in [0.717, 1.165) is 13.1 Å². The van der Waals surface area contributed by atoms with Crippen molar-refractivity contribution in [3.8, 4) is 0 Å². The van der Waals surface area contributed by atoms with Crippen LogP contribution in [0.5, 0.6) is 0 Å². The first-order valence-corrected chi connectivity index (χ1v) is 7.15. The summed E-state index contributed by atoms with van der Waals surface area (Å²) in [5.41, 5.74) is -1.01. The first-order valence-electron chi connectivity index (χ1n) is 7.15. The molecule has 6 nitrogen and oxygen atoms in total. The number of β-amino-alcohol motifs (C(OH)–C–C–N with tert-alkyl or cyclic N) is 1. The van der Waals surface area contributed by atoms with Crippen molar-refractivity contribution in [1.29, 1.82) is 0 Å². The molecule has 116 valence electrons. The van der Waals surface area contributed by atoms with E-state index in [0.29, 0.717) is 19.6 Å². The topological polar surface area (TPSA) is 81.1 Å². The van der Waals surface area contributed by atoms with E-state index in [1.54, 1.807) is 11.8 Å². The summed E-state index contributed by atoms with van der Waals surface area (Å²) in [5.74, 6) is -1.10. The van der Waals surface area contributed by atoms with Crippen LogP contribution in [-0.2, 0) is 9.59 Å². The number of carbonyl (C=O) groups is 2. The molecule has 0 aromatic heterocycles. The van der Waals surface area contributed by atoms with Crippen molar-refractivity contribution in [2.75, 3.05) is 39.3 Å². The zero-order valence-corrected chi connectivity index (χ0v) is 12.6. The second kappa shape index (κ2) is 7.04. The standard InChI is InChI=1S/C14H26N2O4/c1-11(2)14(3,13(19)20)10-12(18)16-6-4-15(5-7-16)8-9-17/h11,17H,4-10H2,1-3H3,(H,19,20). The molecule has 0 bridgehead atoms. The molecule has 0 saturated carbocycles. The van der Waals surface area contributed by atoms with Crippen LogP contribution in [0.15, 0.2) is 0 Å². The van der Waals surface area contributed by atoms with E-state index >= 15 is 0 Å². The molecule has 1 heterocycles. The summed E-state index contributed by atoms with van der Waals surface area (Å²) in [5, 5.41) is 18.2. The van der Waals surface area contributed by atoms with E-state index in [9.17, 15) is 14.7 Å². The van der Waals surface area contributed by atoms with Crippen molar-refractivity contribution >= 4 is 11.9 Å². The lowest BCUT2D eigenvalue weighted by molar-refractivity contribution is -0.156. The molecular formula is C14H26N2O4. The molecule has 0 aliphatic carbocycles. The largest absolute Gasteiger partial charge is 0.481 e. The first kappa shape index (κ1) is 16.9. The Morgan fingerprint density at radius 2 is 1.75 bits per heavy atom. The third-order valence-electron chi connectivity index (χ3n) is 4.42. The van der Waals surface area contributed by atoms with Crippen molar-refractivity contribution in [2.24, 2.45) is 11.3 Å². The molecule has 0 aromatic carbocycles. The fraction of sp³-hybridized carbons (Fsp3) is 0.857. The van der Waals surface area contributed by atoms with Gasteiger partial charge in [0.1, 0.15) is 0 Å². The number of amides is 1. The van der Waals surface area contributed by atoms with E-state index in [1.165, 1.54) is 0 Å². The molecular weight excluding hydrogens is 260 g/mol. The Bertz CT molecular complexity index is 351. The summed E-state index contributed by atoms with van der Waals surface area (Å²) in [6.07, 6.45) is 0.0417. The van der Waals surface area contributed by atoms with Gasteiger partial charge in [0.2, 0.25) is 5.91 Å². The van der Waals surface area contributed by atoms with E-state index in [-0.39, 0.29) is 24.9 Å². The molecule has 1 rings (SSSR count). The highest BCUT2D eigenvalue weighted by Crippen LogP contribution is 2.32. The summed E-state index contributed by atoms with van der Waals surface area (Å²) in [6.45, 7) is 8.73. The van der Waals surface area contributed by atoms with Crippen LogP contribution < -0.4 is 0 Å². The van der Waals surface area contributed by atoms with Gasteiger partial charge in [-0.2, -0.15) is 0 Å². The zero-order chi connectivity index (χ0) is 15.3. The molecule has 1 saturated heterocycles. The fourth-order valence-corrected chi connectivity index (χ4v) is 2.31. The van der Waals surface area contributed by atoms with Gasteiger partial charge in [-0.05, 0) is 12.8 Å². The maximum absolute atomic E-state index is 12.3. The number of carboxylic acids is 1. The molecule has 0 spiro atoms. The molecule has 1 atom stereocenters. The Balaban J connectivity index is 2.57. The SMILES string of the molecule is CC(C)C(C)(CC(=O)N1CCN(CCO)CC1)C(=O)O.